The second kappa shape index (κ2) is 4.15. The SMILES string of the molecule is CCNCc1cc2ccc(Br)cc2[nH]1. The van der Waals surface area contributed by atoms with Gasteiger partial charge >= 0.3 is 0 Å². The Labute approximate surface area is 91.8 Å². The molecule has 0 radical (unpaired) electrons. The van der Waals surface area contributed by atoms with Gasteiger partial charge < -0.3 is 10.3 Å². The summed E-state index contributed by atoms with van der Waals surface area (Å²) in [5.41, 5.74) is 2.42. The molecule has 2 N–H and O–H groups in total. The van der Waals surface area contributed by atoms with Crippen LogP contribution in [0.5, 0.6) is 0 Å². The van der Waals surface area contributed by atoms with Gasteiger partial charge in [0, 0.05) is 22.2 Å². The van der Waals surface area contributed by atoms with Crippen LogP contribution in [0, 0.1) is 0 Å². The van der Waals surface area contributed by atoms with Crippen molar-refractivity contribution < 1.29 is 0 Å². The molecule has 2 rings (SSSR count). The average molecular weight is 253 g/mol. The second-order valence-electron chi connectivity index (χ2n) is 3.31. The second-order valence-corrected chi connectivity index (χ2v) is 4.22. The van der Waals surface area contributed by atoms with Crippen molar-refractivity contribution in [2.45, 2.75) is 13.5 Å². The van der Waals surface area contributed by atoms with E-state index in [1.54, 1.807) is 0 Å². The minimum Gasteiger partial charge on any atom is -0.357 e. The lowest BCUT2D eigenvalue weighted by molar-refractivity contribution is 0.715. The zero-order chi connectivity index (χ0) is 9.97. The third-order valence-electron chi connectivity index (χ3n) is 2.21. The van der Waals surface area contributed by atoms with Crippen molar-refractivity contribution in [3.63, 3.8) is 0 Å². The molecule has 1 aromatic heterocycles. The molecule has 0 fully saturated rings. The van der Waals surface area contributed by atoms with Crippen LogP contribution < -0.4 is 5.32 Å². The molecule has 0 unspecified atom stereocenters. The Hall–Kier alpha value is -0.800. The van der Waals surface area contributed by atoms with Gasteiger partial charge in [0.05, 0.1) is 0 Å². The van der Waals surface area contributed by atoms with E-state index >= 15 is 0 Å². The van der Waals surface area contributed by atoms with E-state index in [9.17, 15) is 0 Å². The fraction of sp³-hybridized carbons (Fsp3) is 0.273. The molecule has 14 heavy (non-hydrogen) atoms. The fourth-order valence-electron chi connectivity index (χ4n) is 1.51. The lowest BCUT2D eigenvalue weighted by Crippen LogP contribution is -2.11. The molecule has 2 aromatic rings. The predicted octanol–water partition coefficient (Wildman–Crippen LogP) is 3.04. The van der Waals surface area contributed by atoms with Gasteiger partial charge in [-0.15, -0.1) is 0 Å². The molecule has 0 aliphatic heterocycles. The maximum Gasteiger partial charge on any atom is 0.0467 e. The summed E-state index contributed by atoms with van der Waals surface area (Å²) in [6.45, 7) is 4.01. The lowest BCUT2D eigenvalue weighted by atomic mass is 10.2. The van der Waals surface area contributed by atoms with E-state index < -0.39 is 0 Å². The molecule has 1 aromatic carbocycles. The largest absolute Gasteiger partial charge is 0.357 e. The first-order chi connectivity index (χ1) is 6.79. The molecule has 74 valence electrons. The number of rotatable bonds is 3. The molecule has 0 saturated heterocycles. The van der Waals surface area contributed by atoms with Gasteiger partial charge in [-0.2, -0.15) is 0 Å². The highest BCUT2D eigenvalue weighted by Crippen LogP contribution is 2.20. The average Bonchev–Trinajstić information content (AvgIpc) is 2.56. The van der Waals surface area contributed by atoms with Gasteiger partial charge in [-0.05, 0) is 30.1 Å². The van der Waals surface area contributed by atoms with Crippen molar-refractivity contribution >= 4 is 26.8 Å². The van der Waals surface area contributed by atoms with Gasteiger partial charge in [0.2, 0.25) is 0 Å². The smallest absolute Gasteiger partial charge is 0.0467 e. The highest BCUT2D eigenvalue weighted by Gasteiger charge is 1.99. The monoisotopic (exact) mass is 252 g/mol. The van der Waals surface area contributed by atoms with Crippen LogP contribution >= 0.6 is 15.9 Å². The first-order valence-corrected chi connectivity index (χ1v) is 5.57. The Bertz CT molecular complexity index is 434. The van der Waals surface area contributed by atoms with Crippen LogP contribution in [0.15, 0.2) is 28.7 Å². The van der Waals surface area contributed by atoms with Gasteiger partial charge in [-0.3, -0.25) is 0 Å². The maximum atomic E-state index is 3.46. The zero-order valence-corrected chi connectivity index (χ0v) is 9.69. The number of aromatic nitrogens is 1. The summed E-state index contributed by atoms with van der Waals surface area (Å²) in [6, 6.07) is 8.47. The van der Waals surface area contributed by atoms with E-state index in [0.29, 0.717) is 0 Å². The van der Waals surface area contributed by atoms with Gasteiger partial charge in [-0.1, -0.05) is 28.9 Å². The first kappa shape index (κ1) is 9.74. The van der Waals surface area contributed by atoms with Crippen molar-refractivity contribution in [2.24, 2.45) is 0 Å². The van der Waals surface area contributed by atoms with Crippen LogP contribution in [-0.2, 0) is 6.54 Å². The van der Waals surface area contributed by atoms with Crippen molar-refractivity contribution in [3.8, 4) is 0 Å². The Morgan fingerprint density at radius 3 is 3.00 bits per heavy atom. The van der Waals surface area contributed by atoms with E-state index in [4.69, 9.17) is 0 Å². The number of nitrogens with one attached hydrogen (secondary N) is 2. The predicted molar refractivity (Wildman–Crippen MR) is 63.4 cm³/mol. The summed E-state index contributed by atoms with van der Waals surface area (Å²) >= 11 is 3.46. The molecule has 0 aliphatic carbocycles. The molecule has 0 spiro atoms. The Morgan fingerprint density at radius 1 is 1.36 bits per heavy atom. The Morgan fingerprint density at radius 2 is 2.21 bits per heavy atom. The third-order valence-corrected chi connectivity index (χ3v) is 2.70. The van der Waals surface area contributed by atoms with Crippen LogP contribution in [-0.4, -0.2) is 11.5 Å². The fourth-order valence-corrected chi connectivity index (χ4v) is 1.88. The number of hydrogen-bond donors (Lipinski definition) is 2. The molecular weight excluding hydrogens is 240 g/mol. The van der Waals surface area contributed by atoms with Gasteiger partial charge in [0.25, 0.3) is 0 Å². The Balaban J connectivity index is 2.32. The van der Waals surface area contributed by atoms with Crippen molar-refractivity contribution in [1.82, 2.24) is 10.3 Å². The standard InChI is InChI=1S/C11H13BrN2/c1-2-13-7-10-5-8-3-4-9(12)6-11(8)14-10/h3-6,13-14H,2,7H2,1H3. The van der Waals surface area contributed by atoms with E-state index in [0.717, 1.165) is 17.6 Å². The quantitative estimate of drug-likeness (QED) is 0.864. The minimum atomic E-state index is 0.906. The summed E-state index contributed by atoms with van der Waals surface area (Å²) < 4.78 is 1.11. The van der Waals surface area contributed by atoms with Crippen LogP contribution in [0.4, 0.5) is 0 Å². The highest BCUT2D eigenvalue weighted by atomic mass is 79.9. The summed E-state index contributed by atoms with van der Waals surface area (Å²) in [4.78, 5) is 3.38. The molecule has 0 saturated carbocycles. The zero-order valence-electron chi connectivity index (χ0n) is 8.10. The van der Waals surface area contributed by atoms with Crippen LogP contribution in [0.3, 0.4) is 0 Å². The molecule has 2 nitrogen and oxygen atoms in total. The van der Waals surface area contributed by atoms with E-state index in [-0.39, 0.29) is 0 Å². The van der Waals surface area contributed by atoms with Crippen molar-refractivity contribution in [3.05, 3.63) is 34.4 Å². The normalized spacial score (nSPS) is 11.0. The molecule has 0 aliphatic rings. The third kappa shape index (κ3) is 1.99. The maximum absolute atomic E-state index is 3.46. The number of benzene rings is 1. The Kier molecular flexibility index (Phi) is 2.89. The lowest BCUT2D eigenvalue weighted by Gasteiger charge is -1.96. The minimum absolute atomic E-state index is 0.906. The number of hydrogen-bond acceptors (Lipinski definition) is 1. The summed E-state index contributed by atoms with van der Waals surface area (Å²) in [7, 11) is 0. The van der Waals surface area contributed by atoms with Crippen LogP contribution in [0.1, 0.15) is 12.6 Å². The van der Waals surface area contributed by atoms with Gasteiger partial charge in [0.15, 0.2) is 0 Å². The van der Waals surface area contributed by atoms with Gasteiger partial charge in [-0.25, -0.2) is 0 Å². The molecule has 0 bridgehead atoms. The van der Waals surface area contributed by atoms with E-state index in [2.05, 4.69) is 57.4 Å². The number of halogens is 1. The summed E-state index contributed by atoms with van der Waals surface area (Å²) in [5.74, 6) is 0. The van der Waals surface area contributed by atoms with Gasteiger partial charge in [0.1, 0.15) is 0 Å². The van der Waals surface area contributed by atoms with Crippen LogP contribution in [0.2, 0.25) is 0 Å². The number of aromatic amines is 1. The van der Waals surface area contributed by atoms with E-state index in [1.807, 2.05) is 0 Å². The summed E-state index contributed by atoms with van der Waals surface area (Å²) in [5, 5.41) is 4.56. The topological polar surface area (TPSA) is 27.8 Å². The first-order valence-electron chi connectivity index (χ1n) is 4.77. The van der Waals surface area contributed by atoms with Crippen LogP contribution in [0.25, 0.3) is 10.9 Å². The van der Waals surface area contributed by atoms with Crippen molar-refractivity contribution in [2.75, 3.05) is 6.54 Å². The molecule has 0 atom stereocenters. The summed E-state index contributed by atoms with van der Waals surface area (Å²) in [6.07, 6.45) is 0. The number of fused-ring (bicyclic) bond motifs is 1. The van der Waals surface area contributed by atoms with E-state index in [1.165, 1.54) is 16.6 Å². The molecule has 1 heterocycles. The number of H-pyrrole nitrogens is 1. The molecule has 3 heteroatoms. The molecular formula is C11H13BrN2. The molecule has 0 amide bonds. The van der Waals surface area contributed by atoms with Crippen molar-refractivity contribution in [1.29, 1.82) is 0 Å². The highest BCUT2D eigenvalue weighted by molar-refractivity contribution is 9.10.